The van der Waals surface area contributed by atoms with Crippen LogP contribution < -0.4 is 5.32 Å². The molecule has 1 atom stereocenters. The largest absolute Gasteiger partial charge is 0.516 e. The van der Waals surface area contributed by atoms with Gasteiger partial charge < -0.3 is 24.5 Å². The molecule has 1 aromatic heterocycles. The van der Waals surface area contributed by atoms with E-state index >= 15 is 0 Å². The first-order valence-corrected chi connectivity index (χ1v) is 12.8. The Hall–Kier alpha value is -4.59. The highest BCUT2D eigenvalue weighted by Crippen LogP contribution is 2.44. The van der Waals surface area contributed by atoms with E-state index in [9.17, 15) is 14.4 Å². The zero-order chi connectivity index (χ0) is 27.6. The molecular weight excluding hydrogens is 496 g/mol. The lowest BCUT2D eigenvalue weighted by molar-refractivity contribution is -0.142. The molecule has 200 valence electrons. The van der Waals surface area contributed by atoms with Crippen molar-refractivity contribution in [2.24, 2.45) is 0 Å². The van der Waals surface area contributed by atoms with Crippen molar-refractivity contribution < 1.29 is 28.6 Å². The van der Waals surface area contributed by atoms with Crippen molar-refractivity contribution in [3.63, 3.8) is 0 Å². The first kappa shape index (κ1) is 26.0. The van der Waals surface area contributed by atoms with Crippen molar-refractivity contribution in [3.8, 4) is 11.1 Å². The molecule has 0 saturated carbocycles. The Morgan fingerprint density at radius 2 is 1.51 bits per heavy atom. The van der Waals surface area contributed by atoms with E-state index < -0.39 is 29.9 Å². The van der Waals surface area contributed by atoms with Gasteiger partial charge in [0.15, 0.2) is 0 Å². The van der Waals surface area contributed by atoms with Gasteiger partial charge in [0, 0.05) is 29.4 Å². The minimum atomic E-state index is -1.18. The van der Waals surface area contributed by atoms with Gasteiger partial charge in [0.2, 0.25) is 0 Å². The van der Waals surface area contributed by atoms with Crippen molar-refractivity contribution in [3.05, 3.63) is 95.7 Å². The average molecular weight is 527 g/mol. The summed E-state index contributed by atoms with van der Waals surface area (Å²) >= 11 is 0. The summed E-state index contributed by atoms with van der Waals surface area (Å²) in [6, 6.07) is 22.3. The number of para-hydroxylation sites is 1. The Bertz CT molecular complexity index is 1490. The number of nitrogens with one attached hydrogen (secondary N) is 2. The third kappa shape index (κ3) is 5.80. The lowest BCUT2D eigenvalue weighted by Gasteiger charge is -2.22. The van der Waals surface area contributed by atoms with Crippen molar-refractivity contribution in [2.45, 2.75) is 44.8 Å². The molecule has 0 spiro atoms. The highest BCUT2D eigenvalue weighted by molar-refractivity contribution is 5.90. The molecule has 8 nitrogen and oxygen atoms in total. The molecule has 8 heteroatoms. The fourth-order valence-electron chi connectivity index (χ4n) is 4.94. The van der Waals surface area contributed by atoms with Gasteiger partial charge in [-0.15, -0.1) is 0 Å². The summed E-state index contributed by atoms with van der Waals surface area (Å²) in [7, 11) is 0. The summed E-state index contributed by atoms with van der Waals surface area (Å²) < 4.78 is 15.8. The van der Waals surface area contributed by atoms with Crippen LogP contribution in [0, 0.1) is 0 Å². The number of carbonyl (C=O) groups is 3. The maximum Gasteiger partial charge on any atom is 0.516 e. The van der Waals surface area contributed by atoms with Gasteiger partial charge in [0.25, 0.3) is 0 Å². The number of hydrogen-bond acceptors (Lipinski definition) is 6. The molecule has 4 aromatic rings. The second kappa shape index (κ2) is 10.6. The second-order valence-electron chi connectivity index (χ2n) is 10.5. The van der Waals surface area contributed by atoms with Crippen molar-refractivity contribution in [1.29, 1.82) is 0 Å². The molecular formula is C31H30N2O6. The number of esters is 1. The molecule has 1 aliphatic carbocycles. The molecule has 0 saturated heterocycles. The van der Waals surface area contributed by atoms with Crippen molar-refractivity contribution >= 4 is 29.1 Å². The smallest absolute Gasteiger partial charge is 0.444 e. The Kier molecular flexibility index (Phi) is 7.11. The highest BCUT2D eigenvalue weighted by Gasteiger charge is 2.32. The van der Waals surface area contributed by atoms with Crippen LogP contribution >= 0.6 is 0 Å². The summed E-state index contributed by atoms with van der Waals surface area (Å²) in [6.45, 7) is 5.16. The van der Waals surface area contributed by atoms with Gasteiger partial charge in [0.05, 0.1) is 0 Å². The standard InChI is InChI=1S/C31H30N2O6/c1-31(2,3)39-29(35)33-27(16-19-17-32-26-15-9-8-10-20(19)26)28(34)38-30(36)37-18-25-23-13-6-4-11-21(23)22-12-5-7-14-24(22)25/h4-15,17,25,27,32H,16,18H2,1-3H3,(H,33,35)/t27-/m0/s1. The molecule has 1 heterocycles. The van der Waals surface area contributed by atoms with Crippen molar-refractivity contribution in [1.82, 2.24) is 10.3 Å². The van der Waals surface area contributed by atoms with Gasteiger partial charge in [-0.2, -0.15) is 0 Å². The Morgan fingerprint density at radius 1 is 0.897 bits per heavy atom. The number of amides is 1. The monoisotopic (exact) mass is 526 g/mol. The van der Waals surface area contributed by atoms with Gasteiger partial charge in [-0.05, 0) is 54.7 Å². The molecule has 5 rings (SSSR count). The quantitative estimate of drug-likeness (QED) is 0.232. The van der Waals surface area contributed by atoms with Crippen LogP contribution in [-0.2, 0) is 25.4 Å². The van der Waals surface area contributed by atoms with Gasteiger partial charge >= 0.3 is 18.2 Å². The van der Waals surface area contributed by atoms with Crippen LogP contribution in [0.15, 0.2) is 79.0 Å². The van der Waals surface area contributed by atoms with Gasteiger partial charge in [0.1, 0.15) is 18.2 Å². The van der Waals surface area contributed by atoms with E-state index in [0.717, 1.165) is 38.7 Å². The van der Waals surface area contributed by atoms with Crippen LogP contribution in [0.4, 0.5) is 9.59 Å². The molecule has 1 aliphatic rings. The number of fused-ring (bicyclic) bond motifs is 4. The molecule has 1 amide bonds. The molecule has 2 N–H and O–H groups in total. The van der Waals surface area contributed by atoms with Crippen molar-refractivity contribution in [2.75, 3.05) is 6.61 Å². The fourth-order valence-corrected chi connectivity index (χ4v) is 4.94. The Balaban J connectivity index is 1.28. The fraction of sp³-hybridized carbons (Fsp3) is 0.258. The average Bonchev–Trinajstić information content (AvgIpc) is 3.45. The van der Waals surface area contributed by atoms with Crippen LogP contribution in [0.25, 0.3) is 22.0 Å². The molecule has 0 unspecified atom stereocenters. The number of hydrogen-bond donors (Lipinski definition) is 2. The number of aromatic nitrogens is 1. The maximum absolute atomic E-state index is 13.1. The van der Waals surface area contributed by atoms with E-state index in [0.29, 0.717) is 0 Å². The number of alkyl carbamates (subject to hydrolysis) is 1. The molecule has 3 aromatic carbocycles. The molecule has 0 bridgehead atoms. The Morgan fingerprint density at radius 3 is 2.18 bits per heavy atom. The third-order valence-corrected chi connectivity index (χ3v) is 6.59. The SMILES string of the molecule is CC(C)(C)OC(=O)N[C@@H](Cc1c[nH]c2ccccc12)C(=O)OC(=O)OCC1c2ccccc2-c2ccccc21. The zero-order valence-corrected chi connectivity index (χ0v) is 22.0. The van der Waals surface area contributed by atoms with E-state index in [1.165, 1.54) is 0 Å². The highest BCUT2D eigenvalue weighted by atomic mass is 16.7. The molecule has 0 fully saturated rings. The van der Waals surface area contributed by atoms with E-state index in [-0.39, 0.29) is 18.9 Å². The van der Waals surface area contributed by atoms with Crippen LogP contribution in [0.1, 0.15) is 43.4 Å². The number of H-pyrrole nitrogens is 1. The number of carbonyl (C=O) groups excluding carboxylic acids is 3. The van der Waals surface area contributed by atoms with E-state index in [4.69, 9.17) is 14.2 Å². The normalized spacial score (nSPS) is 13.3. The summed E-state index contributed by atoms with van der Waals surface area (Å²) in [5.41, 5.74) is 5.15. The second-order valence-corrected chi connectivity index (χ2v) is 10.5. The number of aromatic amines is 1. The first-order valence-electron chi connectivity index (χ1n) is 12.8. The molecule has 39 heavy (non-hydrogen) atoms. The predicted molar refractivity (Wildman–Crippen MR) is 146 cm³/mol. The number of ether oxygens (including phenoxy) is 3. The summed E-state index contributed by atoms with van der Waals surface area (Å²) in [6.07, 6.45) is -0.0815. The summed E-state index contributed by atoms with van der Waals surface area (Å²) in [4.78, 5) is 41.4. The Labute approximate surface area is 226 Å². The summed E-state index contributed by atoms with van der Waals surface area (Å²) in [5.74, 6) is -1.12. The van der Waals surface area contributed by atoms with Crippen LogP contribution in [-0.4, -0.2) is 41.5 Å². The van der Waals surface area contributed by atoms with Gasteiger partial charge in [-0.1, -0.05) is 66.7 Å². The number of benzene rings is 3. The van der Waals surface area contributed by atoms with Gasteiger partial charge in [-0.3, -0.25) is 0 Å². The van der Waals surface area contributed by atoms with E-state index in [1.54, 1.807) is 27.0 Å². The van der Waals surface area contributed by atoms with Crippen LogP contribution in [0.5, 0.6) is 0 Å². The number of rotatable bonds is 6. The lowest BCUT2D eigenvalue weighted by Crippen LogP contribution is -2.46. The van der Waals surface area contributed by atoms with Crippen LogP contribution in [0.2, 0.25) is 0 Å². The predicted octanol–water partition coefficient (Wildman–Crippen LogP) is 6.10. The lowest BCUT2D eigenvalue weighted by atomic mass is 9.98. The van der Waals surface area contributed by atoms with E-state index in [2.05, 4.69) is 10.3 Å². The minimum Gasteiger partial charge on any atom is -0.444 e. The zero-order valence-electron chi connectivity index (χ0n) is 22.0. The van der Waals surface area contributed by atoms with Gasteiger partial charge in [-0.25, -0.2) is 14.4 Å². The molecule has 0 radical (unpaired) electrons. The first-order chi connectivity index (χ1) is 18.7. The van der Waals surface area contributed by atoms with E-state index in [1.807, 2.05) is 72.8 Å². The van der Waals surface area contributed by atoms with Crippen LogP contribution in [0.3, 0.4) is 0 Å². The molecule has 0 aliphatic heterocycles. The minimum absolute atomic E-state index is 0.00670. The third-order valence-electron chi connectivity index (χ3n) is 6.59. The topological polar surface area (TPSA) is 107 Å². The maximum atomic E-state index is 13.1. The summed E-state index contributed by atoms with van der Waals surface area (Å²) in [5, 5.41) is 3.44.